The molecule has 0 radical (unpaired) electrons. The monoisotopic (exact) mass is 264 g/mol. The molecule has 1 N–H and O–H groups in total. The molecular formula is C13H16N2O4. The van der Waals surface area contributed by atoms with Gasteiger partial charge in [-0.3, -0.25) is 4.79 Å². The SMILES string of the molecule is COc1nc2c(cc1C(=O)O)CCN(C(C)=O)CC2. The lowest BCUT2D eigenvalue weighted by molar-refractivity contribution is -0.128. The van der Waals surface area contributed by atoms with Crippen LogP contribution in [0.2, 0.25) is 0 Å². The fourth-order valence-electron chi connectivity index (χ4n) is 2.24. The van der Waals surface area contributed by atoms with Crippen LogP contribution in [-0.2, 0) is 17.6 Å². The molecule has 2 heterocycles. The average molecular weight is 264 g/mol. The summed E-state index contributed by atoms with van der Waals surface area (Å²) in [7, 11) is 1.40. The Balaban J connectivity index is 2.37. The van der Waals surface area contributed by atoms with Crippen molar-refractivity contribution in [2.75, 3.05) is 20.2 Å². The van der Waals surface area contributed by atoms with Crippen molar-refractivity contribution in [3.05, 3.63) is 22.9 Å². The van der Waals surface area contributed by atoms with Gasteiger partial charge < -0.3 is 14.7 Å². The first kappa shape index (κ1) is 13.3. The summed E-state index contributed by atoms with van der Waals surface area (Å²) in [6.45, 7) is 2.73. The summed E-state index contributed by atoms with van der Waals surface area (Å²) >= 11 is 0. The highest BCUT2D eigenvalue weighted by atomic mass is 16.5. The first-order valence-electron chi connectivity index (χ1n) is 6.08. The van der Waals surface area contributed by atoms with Crippen molar-refractivity contribution in [1.29, 1.82) is 0 Å². The number of methoxy groups -OCH3 is 1. The number of nitrogens with zero attached hydrogens (tertiary/aromatic N) is 2. The third-order valence-corrected chi connectivity index (χ3v) is 3.29. The van der Waals surface area contributed by atoms with Gasteiger partial charge in [-0.1, -0.05) is 0 Å². The molecule has 0 spiro atoms. The zero-order valence-corrected chi connectivity index (χ0v) is 11.0. The molecule has 0 aromatic carbocycles. The summed E-state index contributed by atoms with van der Waals surface area (Å²) in [6, 6.07) is 1.60. The fourth-order valence-corrected chi connectivity index (χ4v) is 2.24. The molecule has 0 atom stereocenters. The maximum atomic E-state index is 11.4. The van der Waals surface area contributed by atoms with Gasteiger partial charge in [0.05, 0.1) is 7.11 Å². The predicted molar refractivity (Wildman–Crippen MR) is 67.4 cm³/mol. The van der Waals surface area contributed by atoms with Crippen molar-refractivity contribution in [3.8, 4) is 5.88 Å². The quantitative estimate of drug-likeness (QED) is 0.852. The van der Waals surface area contributed by atoms with Gasteiger partial charge in [0.15, 0.2) is 0 Å². The summed E-state index contributed by atoms with van der Waals surface area (Å²) < 4.78 is 5.02. The molecule has 1 amide bonds. The second kappa shape index (κ2) is 5.26. The van der Waals surface area contributed by atoms with Crippen LogP contribution in [0.1, 0.15) is 28.5 Å². The number of fused-ring (bicyclic) bond motifs is 1. The first-order chi connectivity index (χ1) is 9.02. The van der Waals surface area contributed by atoms with E-state index in [-0.39, 0.29) is 17.4 Å². The molecule has 1 aromatic rings. The molecule has 6 heteroatoms. The highest BCUT2D eigenvalue weighted by Crippen LogP contribution is 2.23. The van der Waals surface area contributed by atoms with E-state index in [1.54, 1.807) is 11.0 Å². The first-order valence-corrected chi connectivity index (χ1v) is 6.08. The van der Waals surface area contributed by atoms with Crippen molar-refractivity contribution in [3.63, 3.8) is 0 Å². The molecule has 0 unspecified atom stereocenters. The number of amides is 1. The normalized spacial score (nSPS) is 14.5. The minimum Gasteiger partial charge on any atom is -0.480 e. The zero-order valence-electron chi connectivity index (χ0n) is 11.0. The molecule has 1 aliphatic rings. The van der Waals surface area contributed by atoms with Crippen molar-refractivity contribution in [2.24, 2.45) is 0 Å². The number of aromatic carboxylic acids is 1. The van der Waals surface area contributed by atoms with E-state index in [0.29, 0.717) is 25.9 Å². The van der Waals surface area contributed by atoms with Gasteiger partial charge in [-0.25, -0.2) is 9.78 Å². The largest absolute Gasteiger partial charge is 0.480 e. The molecule has 102 valence electrons. The summed E-state index contributed by atoms with van der Waals surface area (Å²) in [5, 5.41) is 9.12. The summed E-state index contributed by atoms with van der Waals surface area (Å²) in [5.74, 6) is -0.902. The molecule has 0 fully saturated rings. The smallest absolute Gasteiger partial charge is 0.341 e. The van der Waals surface area contributed by atoms with E-state index in [1.165, 1.54) is 14.0 Å². The molecule has 1 aliphatic heterocycles. The van der Waals surface area contributed by atoms with Crippen molar-refractivity contribution >= 4 is 11.9 Å². The number of carboxylic acids is 1. The Hall–Kier alpha value is -2.11. The lowest BCUT2D eigenvalue weighted by atomic mass is 10.1. The third-order valence-electron chi connectivity index (χ3n) is 3.29. The molecule has 0 saturated carbocycles. The van der Waals surface area contributed by atoms with Crippen LogP contribution < -0.4 is 4.74 Å². The number of carbonyl (C=O) groups is 2. The molecule has 19 heavy (non-hydrogen) atoms. The molecule has 2 rings (SSSR count). The number of carbonyl (C=O) groups excluding carboxylic acids is 1. The highest BCUT2D eigenvalue weighted by Gasteiger charge is 2.21. The van der Waals surface area contributed by atoms with Crippen LogP contribution in [0.25, 0.3) is 0 Å². The van der Waals surface area contributed by atoms with Gasteiger partial charge in [0.1, 0.15) is 5.56 Å². The van der Waals surface area contributed by atoms with E-state index < -0.39 is 5.97 Å². The Morgan fingerprint density at radius 2 is 2.05 bits per heavy atom. The Bertz CT molecular complexity index is 528. The van der Waals surface area contributed by atoms with E-state index in [4.69, 9.17) is 9.84 Å². The van der Waals surface area contributed by atoms with E-state index in [9.17, 15) is 9.59 Å². The van der Waals surface area contributed by atoms with Gasteiger partial charge in [-0.15, -0.1) is 0 Å². The minimum atomic E-state index is -1.06. The van der Waals surface area contributed by atoms with Crippen LogP contribution in [0.4, 0.5) is 0 Å². The van der Waals surface area contributed by atoms with Gasteiger partial charge in [0.25, 0.3) is 0 Å². The number of rotatable bonds is 2. The fraction of sp³-hybridized carbons (Fsp3) is 0.462. The van der Waals surface area contributed by atoms with Crippen molar-refractivity contribution in [2.45, 2.75) is 19.8 Å². The van der Waals surface area contributed by atoms with E-state index >= 15 is 0 Å². The van der Waals surface area contributed by atoms with Crippen LogP contribution in [0, 0.1) is 0 Å². The average Bonchev–Trinajstić information content (AvgIpc) is 2.58. The molecule has 0 aliphatic carbocycles. The summed E-state index contributed by atoms with van der Waals surface area (Å²) in [5.41, 5.74) is 1.75. The van der Waals surface area contributed by atoms with Crippen LogP contribution in [-0.4, -0.2) is 47.1 Å². The summed E-state index contributed by atoms with van der Waals surface area (Å²) in [6.07, 6.45) is 1.23. The van der Waals surface area contributed by atoms with Crippen LogP contribution in [0.3, 0.4) is 0 Å². The topological polar surface area (TPSA) is 79.7 Å². The molecule has 0 bridgehead atoms. The Morgan fingerprint density at radius 1 is 1.37 bits per heavy atom. The maximum absolute atomic E-state index is 11.4. The Morgan fingerprint density at radius 3 is 2.63 bits per heavy atom. The van der Waals surface area contributed by atoms with Gasteiger partial charge >= 0.3 is 5.97 Å². The molecule has 1 aromatic heterocycles. The molecule has 0 saturated heterocycles. The predicted octanol–water partition coefficient (Wildman–Crippen LogP) is 0.736. The zero-order chi connectivity index (χ0) is 14.0. The lowest BCUT2D eigenvalue weighted by Crippen LogP contribution is -2.30. The van der Waals surface area contributed by atoms with Crippen molar-refractivity contribution < 1.29 is 19.4 Å². The number of hydrogen-bond acceptors (Lipinski definition) is 4. The van der Waals surface area contributed by atoms with E-state index in [1.807, 2.05) is 0 Å². The lowest BCUT2D eigenvalue weighted by Gasteiger charge is -2.17. The minimum absolute atomic E-state index is 0.0261. The number of carboxylic acid groups (broad SMARTS) is 1. The number of aromatic nitrogens is 1. The highest BCUT2D eigenvalue weighted by molar-refractivity contribution is 5.90. The van der Waals surface area contributed by atoms with Gasteiger partial charge in [-0.2, -0.15) is 0 Å². The van der Waals surface area contributed by atoms with E-state index in [2.05, 4.69) is 4.98 Å². The standard InChI is InChI=1S/C13H16N2O4/c1-8(16)15-5-3-9-7-10(13(17)18)12(19-2)14-11(9)4-6-15/h7H,3-6H2,1-2H3,(H,17,18). The van der Waals surface area contributed by atoms with Crippen molar-refractivity contribution in [1.82, 2.24) is 9.88 Å². The van der Waals surface area contributed by atoms with Crippen LogP contribution in [0.5, 0.6) is 5.88 Å². The molecule has 6 nitrogen and oxygen atoms in total. The Kier molecular flexibility index (Phi) is 3.69. The second-order valence-electron chi connectivity index (χ2n) is 4.46. The summed E-state index contributed by atoms with van der Waals surface area (Å²) in [4.78, 5) is 28.5. The second-order valence-corrected chi connectivity index (χ2v) is 4.46. The Labute approximate surface area is 111 Å². The maximum Gasteiger partial charge on any atom is 0.341 e. The van der Waals surface area contributed by atoms with Gasteiger partial charge in [0.2, 0.25) is 11.8 Å². The van der Waals surface area contributed by atoms with Gasteiger partial charge in [0, 0.05) is 32.1 Å². The number of ether oxygens (including phenoxy) is 1. The number of hydrogen-bond donors (Lipinski definition) is 1. The van der Waals surface area contributed by atoms with Crippen LogP contribution in [0.15, 0.2) is 6.07 Å². The number of pyridine rings is 1. The van der Waals surface area contributed by atoms with Crippen LogP contribution >= 0.6 is 0 Å². The van der Waals surface area contributed by atoms with Gasteiger partial charge in [-0.05, 0) is 18.1 Å². The molecular weight excluding hydrogens is 248 g/mol. The third kappa shape index (κ3) is 2.67. The van der Waals surface area contributed by atoms with E-state index in [0.717, 1.165) is 11.3 Å².